The summed E-state index contributed by atoms with van der Waals surface area (Å²) in [6.07, 6.45) is 2.04. The molecule has 0 aliphatic rings. The third-order valence-corrected chi connectivity index (χ3v) is 2.45. The first-order valence-electron chi connectivity index (χ1n) is 5.76. The van der Waals surface area contributed by atoms with E-state index in [4.69, 9.17) is 5.73 Å². The zero-order chi connectivity index (χ0) is 13.7. The summed E-state index contributed by atoms with van der Waals surface area (Å²) in [5.74, 6) is -0.553. The Labute approximate surface area is 106 Å². The standard InChI is InChI=1S/C12H19N3O3/c1-7(2)4-10(12(17)18-3)15-11(16)9-5-8(13)6-14-9/h5-7,10,14H,4,13H2,1-3H3,(H,15,16). The molecule has 1 aromatic rings. The van der Waals surface area contributed by atoms with E-state index in [1.807, 2.05) is 13.8 Å². The number of nitrogen functional groups attached to an aromatic ring is 1. The minimum Gasteiger partial charge on any atom is -0.467 e. The number of esters is 1. The number of carbonyl (C=O) groups excluding carboxylic acids is 2. The largest absolute Gasteiger partial charge is 0.467 e. The van der Waals surface area contributed by atoms with Gasteiger partial charge in [-0.2, -0.15) is 0 Å². The van der Waals surface area contributed by atoms with E-state index in [1.165, 1.54) is 19.4 Å². The lowest BCUT2D eigenvalue weighted by Gasteiger charge is -2.17. The van der Waals surface area contributed by atoms with Crippen molar-refractivity contribution >= 4 is 17.6 Å². The molecule has 0 aromatic carbocycles. The van der Waals surface area contributed by atoms with Crippen molar-refractivity contribution < 1.29 is 14.3 Å². The lowest BCUT2D eigenvalue weighted by molar-refractivity contribution is -0.143. The first kappa shape index (κ1) is 14.1. The van der Waals surface area contributed by atoms with Crippen molar-refractivity contribution in [1.82, 2.24) is 10.3 Å². The van der Waals surface area contributed by atoms with Gasteiger partial charge in [0.1, 0.15) is 11.7 Å². The number of rotatable bonds is 5. The molecular weight excluding hydrogens is 234 g/mol. The smallest absolute Gasteiger partial charge is 0.328 e. The van der Waals surface area contributed by atoms with Gasteiger partial charge in [0.05, 0.1) is 7.11 Å². The van der Waals surface area contributed by atoms with Crippen LogP contribution in [0.5, 0.6) is 0 Å². The molecule has 6 heteroatoms. The molecule has 1 atom stereocenters. The van der Waals surface area contributed by atoms with E-state index in [-0.39, 0.29) is 11.8 Å². The Hall–Kier alpha value is -1.98. The monoisotopic (exact) mass is 253 g/mol. The fraction of sp³-hybridized carbons (Fsp3) is 0.500. The summed E-state index contributed by atoms with van der Waals surface area (Å²) in [5, 5.41) is 2.63. The predicted octanol–water partition coefficient (Wildman–Crippen LogP) is 0.914. The highest BCUT2D eigenvalue weighted by Gasteiger charge is 2.23. The second-order valence-corrected chi connectivity index (χ2v) is 4.53. The van der Waals surface area contributed by atoms with Gasteiger partial charge in [-0.15, -0.1) is 0 Å². The number of methoxy groups -OCH3 is 1. The summed E-state index contributed by atoms with van der Waals surface area (Å²) in [7, 11) is 1.30. The number of amides is 1. The van der Waals surface area contributed by atoms with Crippen LogP contribution in [0.4, 0.5) is 5.69 Å². The van der Waals surface area contributed by atoms with Crippen LogP contribution < -0.4 is 11.1 Å². The SMILES string of the molecule is COC(=O)C(CC(C)C)NC(=O)c1cc(N)c[nH]1. The number of hydrogen-bond acceptors (Lipinski definition) is 4. The predicted molar refractivity (Wildman–Crippen MR) is 67.9 cm³/mol. The van der Waals surface area contributed by atoms with Crippen LogP contribution in [0.15, 0.2) is 12.3 Å². The van der Waals surface area contributed by atoms with Crippen LogP contribution >= 0.6 is 0 Å². The molecule has 1 unspecified atom stereocenters. The maximum Gasteiger partial charge on any atom is 0.328 e. The van der Waals surface area contributed by atoms with E-state index in [2.05, 4.69) is 15.0 Å². The molecule has 6 nitrogen and oxygen atoms in total. The normalized spacial score (nSPS) is 12.2. The summed E-state index contributed by atoms with van der Waals surface area (Å²) < 4.78 is 4.67. The number of H-pyrrole nitrogens is 1. The molecule has 1 rings (SSSR count). The lowest BCUT2D eigenvalue weighted by Crippen LogP contribution is -2.42. The van der Waals surface area contributed by atoms with Crippen molar-refractivity contribution in [3.8, 4) is 0 Å². The average molecular weight is 253 g/mol. The highest BCUT2D eigenvalue weighted by molar-refractivity contribution is 5.96. The quantitative estimate of drug-likeness (QED) is 0.679. The number of nitrogens with one attached hydrogen (secondary N) is 2. The molecule has 1 heterocycles. The molecule has 0 aliphatic heterocycles. The molecule has 0 radical (unpaired) electrons. The van der Waals surface area contributed by atoms with Crippen molar-refractivity contribution in [2.45, 2.75) is 26.3 Å². The van der Waals surface area contributed by atoms with Gasteiger partial charge in [0.25, 0.3) is 5.91 Å². The summed E-state index contributed by atoms with van der Waals surface area (Å²) in [6, 6.07) is 0.867. The van der Waals surface area contributed by atoms with E-state index in [9.17, 15) is 9.59 Å². The number of aromatic amines is 1. The third kappa shape index (κ3) is 3.80. The molecule has 0 aliphatic carbocycles. The van der Waals surface area contributed by atoms with Gasteiger partial charge in [0.15, 0.2) is 0 Å². The molecule has 0 bridgehead atoms. The van der Waals surface area contributed by atoms with Gasteiger partial charge in [-0.05, 0) is 18.4 Å². The Balaban J connectivity index is 2.71. The van der Waals surface area contributed by atoms with Crippen LogP contribution in [-0.2, 0) is 9.53 Å². The van der Waals surface area contributed by atoms with E-state index in [0.29, 0.717) is 17.8 Å². The fourth-order valence-corrected chi connectivity index (χ4v) is 1.61. The zero-order valence-corrected chi connectivity index (χ0v) is 10.8. The molecule has 1 aromatic heterocycles. The van der Waals surface area contributed by atoms with Gasteiger partial charge in [0, 0.05) is 11.9 Å². The van der Waals surface area contributed by atoms with Gasteiger partial charge in [0.2, 0.25) is 0 Å². The summed E-state index contributed by atoms with van der Waals surface area (Å²) >= 11 is 0. The van der Waals surface area contributed by atoms with Crippen LogP contribution in [0.2, 0.25) is 0 Å². The third-order valence-electron chi connectivity index (χ3n) is 2.45. The number of nitrogens with two attached hydrogens (primary N) is 1. The van der Waals surface area contributed by atoms with Crippen LogP contribution in [0.25, 0.3) is 0 Å². The molecular formula is C12H19N3O3. The molecule has 0 saturated heterocycles. The van der Waals surface area contributed by atoms with Crippen molar-refractivity contribution in [2.75, 3.05) is 12.8 Å². The molecule has 0 spiro atoms. The first-order chi connectivity index (χ1) is 8.43. The second-order valence-electron chi connectivity index (χ2n) is 4.53. The fourth-order valence-electron chi connectivity index (χ4n) is 1.61. The van der Waals surface area contributed by atoms with Crippen LogP contribution in [0.1, 0.15) is 30.8 Å². The molecule has 4 N–H and O–H groups in total. The second kappa shape index (κ2) is 6.09. The van der Waals surface area contributed by atoms with Crippen LogP contribution in [0, 0.1) is 5.92 Å². The van der Waals surface area contributed by atoms with Crippen LogP contribution in [0.3, 0.4) is 0 Å². The maximum atomic E-state index is 11.9. The van der Waals surface area contributed by atoms with Crippen molar-refractivity contribution in [2.24, 2.45) is 5.92 Å². The molecule has 0 saturated carbocycles. The minimum absolute atomic E-state index is 0.267. The summed E-state index contributed by atoms with van der Waals surface area (Å²) in [5.41, 5.74) is 6.31. The van der Waals surface area contributed by atoms with Gasteiger partial charge >= 0.3 is 5.97 Å². The Morgan fingerprint density at radius 1 is 1.50 bits per heavy atom. The maximum absolute atomic E-state index is 11.9. The van der Waals surface area contributed by atoms with Gasteiger partial charge < -0.3 is 20.8 Å². The van der Waals surface area contributed by atoms with Crippen molar-refractivity contribution in [3.05, 3.63) is 18.0 Å². The summed E-state index contributed by atoms with van der Waals surface area (Å²) in [6.45, 7) is 3.93. The number of ether oxygens (including phenoxy) is 1. The number of anilines is 1. The van der Waals surface area contributed by atoms with E-state index >= 15 is 0 Å². The summed E-state index contributed by atoms with van der Waals surface area (Å²) in [4.78, 5) is 26.1. The number of aromatic nitrogens is 1. The first-order valence-corrected chi connectivity index (χ1v) is 5.76. The Kier molecular flexibility index (Phi) is 4.76. The van der Waals surface area contributed by atoms with Crippen molar-refractivity contribution in [1.29, 1.82) is 0 Å². The van der Waals surface area contributed by atoms with E-state index in [0.717, 1.165) is 0 Å². The van der Waals surface area contributed by atoms with Gasteiger partial charge in [-0.3, -0.25) is 4.79 Å². The zero-order valence-electron chi connectivity index (χ0n) is 10.8. The molecule has 0 fully saturated rings. The number of carbonyl (C=O) groups is 2. The Morgan fingerprint density at radius 3 is 2.61 bits per heavy atom. The van der Waals surface area contributed by atoms with Gasteiger partial charge in [-0.1, -0.05) is 13.8 Å². The highest BCUT2D eigenvalue weighted by Crippen LogP contribution is 2.09. The minimum atomic E-state index is -0.646. The Morgan fingerprint density at radius 2 is 2.17 bits per heavy atom. The topological polar surface area (TPSA) is 97.2 Å². The van der Waals surface area contributed by atoms with E-state index in [1.54, 1.807) is 0 Å². The molecule has 1 amide bonds. The Bertz CT molecular complexity index is 426. The van der Waals surface area contributed by atoms with E-state index < -0.39 is 12.0 Å². The van der Waals surface area contributed by atoms with Crippen molar-refractivity contribution in [3.63, 3.8) is 0 Å². The highest BCUT2D eigenvalue weighted by atomic mass is 16.5. The lowest BCUT2D eigenvalue weighted by atomic mass is 10.0. The molecule has 100 valence electrons. The molecule has 18 heavy (non-hydrogen) atoms. The average Bonchev–Trinajstić information content (AvgIpc) is 2.73. The van der Waals surface area contributed by atoms with Crippen LogP contribution in [-0.4, -0.2) is 30.0 Å². The number of hydrogen-bond donors (Lipinski definition) is 3. The van der Waals surface area contributed by atoms with Gasteiger partial charge in [-0.25, -0.2) is 4.79 Å².